The standard InChI is InChI=1S/C32H42N8O4/c1-37-21-35-20-25(37)19-27(34)29(41)36-28(18-23-8-10-26(44-2)11-9-23)30(42)38-15-12-32(13-16-38)31(43)39(17-14-33)22-40(32)24-6-4-3-5-7-24/h3-11,20-21,27-28H,12-19,22,33-34H2,1-2H3,(H,36,41)/t27?,28-/m1/s1. The molecule has 1 unspecified atom stereocenters. The lowest BCUT2D eigenvalue weighted by atomic mass is 9.85. The van der Waals surface area contributed by atoms with Gasteiger partial charge < -0.3 is 40.8 Å². The first-order valence-corrected chi connectivity index (χ1v) is 15.0. The Morgan fingerprint density at radius 1 is 1.07 bits per heavy atom. The summed E-state index contributed by atoms with van der Waals surface area (Å²) in [5, 5.41) is 2.94. The van der Waals surface area contributed by atoms with Crippen molar-refractivity contribution in [3.8, 4) is 5.75 Å². The monoisotopic (exact) mass is 602 g/mol. The normalized spacial score (nSPS) is 17.5. The Labute approximate surface area is 257 Å². The number of nitrogens with two attached hydrogens (primary N) is 2. The number of aromatic nitrogens is 2. The van der Waals surface area contributed by atoms with Gasteiger partial charge in [0.2, 0.25) is 17.7 Å². The molecule has 0 bridgehead atoms. The first kappa shape index (κ1) is 31.0. The topological polar surface area (TPSA) is 152 Å². The molecule has 2 aliphatic heterocycles. The summed E-state index contributed by atoms with van der Waals surface area (Å²) in [5.74, 6) is 0.133. The number of aryl methyl sites for hydroxylation is 1. The number of likely N-dealkylation sites (tertiary alicyclic amines) is 1. The number of rotatable bonds is 11. The van der Waals surface area contributed by atoms with Crippen LogP contribution in [0.2, 0.25) is 0 Å². The molecule has 2 aromatic carbocycles. The van der Waals surface area contributed by atoms with E-state index in [9.17, 15) is 14.4 Å². The zero-order valence-corrected chi connectivity index (χ0v) is 25.4. The predicted octanol–water partition coefficient (Wildman–Crippen LogP) is 0.652. The summed E-state index contributed by atoms with van der Waals surface area (Å²) in [5.41, 5.74) is 14.0. The van der Waals surface area contributed by atoms with E-state index in [4.69, 9.17) is 16.2 Å². The molecule has 12 heteroatoms. The second-order valence-electron chi connectivity index (χ2n) is 11.5. The minimum atomic E-state index is -0.856. The zero-order chi connectivity index (χ0) is 31.3. The highest BCUT2D eigenvalue weighted by molar-refractivity contribution is 5.94. The van der Waals surface area contributed by atoms with Crippen LogP contribution in [0, 0.1) is 0 Å². The quantitative estimate of drug-likeness (QED) is 0.289. The third kappa shape index (κ3) is 6.41. The van der Waals surface area contributed by atoms with Crippen molar-refractivity contribution < 1.29 is 19.1 Å². The maximum absolute atomic E-state index is 14.1. The molecule has 12 nitrogen and oxygen atoms in total. The van der Waals surface area contributed by atoms with Gasteiger partial charge in [-0.2, -0.15) is 0 Å². The largest absolute Gasteiger partial charge is 0.497 e. The summed E-state index contributed by atoms with van der Waals surface area (Å²) in [6.45, 7) is 2.06. The highest BCUT2D eigenvalue weighted by atomic mass is 16.5. The lowest BCUT2D eigenvalue weighted by Crippen LogP contribution is -2.60. The number of carbonyl (C=O) groups excluding carboxylic acids is 3. The number of carbonyl (C=O) groups is 3. The average Bonchev–Trinajstić information content (AvgIpc) is 3.57. The van der Waals surface area contributed by atoms with Gasteiger partial charge in [0.15, 0.2) is 0 Å². The molecule has 44 heavy (non-hydrogen) atoms. The van der Waals surface area contributed by atoms with E-state index >= 15 is 0 Å². The van der Waals surface area contributed by atoms with E-state index < -0.39 is 23.5 Å². The Hall–Kier alpha value is -4.42. The van der Waals surface area contributed by atoms with Crippen LogP contribution in [-0.4, -0.2) is 94.7 Å². The van der Waals surface area contributed by atoms with E-state index in [-0.39, 0.29) is 24.7 Å². The van der Waals surface area contributed by atoms with Crippen molar-refractivity contribution in [1.29, 1.82) is 0 Å². The number of hydrogen-bond donors (Lipinski definition) is 3. The van der Waals surface area contributed by atoms with Gasteiger partial charge in [0.1, 0.15) is 17.3 Å². The fourth-order valence-electron chi connectivity index (χ4n) is 6.22. The lowest BCUT2D eigenvalue weighted by Gasteiger charge is -2.44. The van der Waals surface area contributed by atoms with Crippen LogP contribution in [0.15, 0.2) is 67.1 Å². The van der Waals surface area contributed by atoms with Gasteiger partial charge in [0.05, 0.1) is 26.1 Å². The van der Waals surface area contributed by atoms with Crippen molar-refractivity contribution in [3.05, 3.63) is 78.4 Å². The zero-order valence-electron chi connectivity index (χ0n) is 25.4. The molecular weight excluding hydrogens is 560 g/mol. The molecule has 2 saturated heterocycles. The van der Waals surface area contributed by atoms with Crippen LogP contribution in [0.25, 0.3) is 0 Å². The second-order valence-corrected chi connectivity index (χ2v) is 11.5. The molecule has 0 radical (unpaired) electrons. The molecule has 234 valence electrons. The third-order valence-corrected chi connectivity index (χ3v) is 8.78. The van der Waals surface area contributed by atoms with E-state index in [0.717, 1.165) is 16.9 Å². The van der Waals surface area contributed by atoms with Crippen LogP contribution >= 0.6 is 0 Å². The molecule has 0 aliphatic carbocycles. The number of ether oxygens (including phenoxy) is 1. The minimum Gasteiger partial charge on any atom is -0.497 e. The number of nitrogens with one attached hydrogen (secondary N) is 1. The molecule has 1 aromatic heterocycles. The van der Waals surface area contributed by atoms with E-state index in [1.54, 1.807) is 29.4 Å². The molecule has 3 amide bonds. The summed E-state index contributed by atoms with van der Waals surface area (Å²) >= 11 is 0. The summed E-state index contributed by atoms with van der Waals surface area (Å²) in [7, 11) is 3.44. The molecular formula is C32H42N8O4. The van der Waals surface area contributed by atoms with E-state index in [2.05, 4.69) is 15.2 Å². The predicted molar refractivity (Wildman–Crippen MR) is 167 cm³/mol. The average molecular weight is 603 g/mol. The first-order valence-electron chi connectivity index (χ1n) is 15.0. The molecule has 5 rings (SSSR count). The van der Waals surface area contributed by atoms with Crippen molar-refractivity contribution in [2.45, 2.75) is 43.3 Å². The van der Waals surface area contributed by atoms with Crippen molar-refractivity contribution in [2.75, 3.05) is 44.9 Å². The van der Waals surface area contributed by atoms with Crippen molar-refractivity contribution >= 4 is 23.4 Å². The van der Waals surface area contributed by atoms with Gasteiger partial charge in [0, 0.05) is 63.6 Å². The van der Waals surface area contributed by atoms with Crippen LogP contribution in [0.3, 0.4) is 0 Å². The van der Waals surface area contributed by atoms with Crippen molar-refractivity contribution in [3.63, 3.8) is 0 Å². The molecule has 5 N–H and O–H groups in total. The molecule has 2 fully saturated rings. The number of imidazole rings is 1. The summed E-state index contributed by atoms with van der Waals surface area (Å²) < 4.78 is 7.09. The number of benzene rings is 2. The summed E-state index contributed by atoms with van der Waals surface area (Å²) in [6, 6.07) is 15.6. The molecule has 0 saturated carbocycles. The Balaban J connectivity index is 1.33. The molecule has 2 aliphatic rings. The van der Waals surface area contributed by atoms with Crippen molar-refractivity contribution in [2.24, 2.45) is 18.5 Å². The van der Waals surface area contributed by atoms with Crippen LogP contribution in [0.4, 0.5) is 5.69 Å². The Morgan fingerprint density at radius 2 is 1.77 bits per heavy atom. The maximum atomic E-state index is 14.1. The smallest absolute Gasteiger partial charge is 0.250 e. The number of hydrogen-bond acceptors (Lipinski definition) is 8. The Kier molecular flexibility index (Phi) is 9.50. The van der Waals surface area contributed by atoms with Gasteiger partial charge >= 0.3 is 0 Å². The van der Waals surface area contributed by atoms with E-state index in [1.807, 2.05) is 66.2 Å². The minimum absolute atomic E-state index is 0.0446. The Morgan fingerprint density at radius 3 is 2.39 bits per heavy atom. The van der Waals surface area contributed by atoms with E-state index in [1.165, 1.54) is 0 Å². The second kappa shape index (κ2) is 13.5. The fraction of sp³-hybridized carbons (Fsp3) is 0.438. The van der Waals surface area contributed by atoms with Gasteiger partial charge in [-0.05, 0) is 42.7 Å². The molecule has 3 heterocycles. The third-order valence-electron chi connectivity index (χ3n) is 8.78. The highest BCUT2D eigenvalue weighted by Crippen LogP contribution is 2.39. The van der Waals surface area contributed by atoms with E-state index in [0.29, 0.717) is 51.4 Å². The first-order chi connectivity index (χ1) is 21.3. The lowest BCUT2D eigenvalue weighted by molar-refractivity contribution is -0.140. The number of nitrogens with zero attached hydrogens (tertiary/aromatic N) is 5. The molecule has 1 spiro atoms. The van der Waals surface area contributed by atoms with Gasteiger partial charge in [-0.1, -0.05) is 30.3 Å². The molecule has 3 aromatic rings. The fourth-order valence-corrected chi connectivity index (χ4v) is 6.22. The summed E-state index contributed by atoms with van der Waals surface area (Å²) in [6.07, 6.45) is 4.84. The van der Waals surface area contributed by atoms with Crippen molar-refractivity contribution in [1.82, 2.24) is 24.7 Å². The van der Waals surface area contributed by atoms with Gasteiger partial charge in [-0.25, -0.2) is 4.98 Å². The summed E-state index contributed by atoms with van der Waals surface area (Å²) in [4.78, 5) is 50.9. The number of amides is 3. The van der Waals surface area contributed by atoms with Crippen LogP contribution < -0.4 is 26.4 Å². The highest BCUT2D eigenvalue weighted by Gasteiger charge is 2.54. The van der Waals surface area contributed by atoms with Crippen LogP contribution in [0.5, 0.6) is 5.75 Å². The van der Waals surface area contributed by atoms with Crippen LogP contribution in [-0.2, 0) is 34.3 Å². The molecule has 2 atom stereocenters. The Bertz CT molecular complexity index is 1440. The SMILES string of the molecule is COc1ccc(C[C@@H](NC(=O)C(N)Cc2cncn2C)C(=O)N2CCC3(CC2)C(=O)N(CCN)CN3c2ccccc2)cc1. The van der Waals surface area contributed by atoms with Gasteiger partial charge in [0.25, 0.3) is 0 Å². The van der Waals surface area contributed by atoms with Crippen LogP contribution in [0.1, 0.15) is 24.1 Å². The number of anilines is 1. The maximum Gasteiger partial charge on any atom is 0.250 e. The van der Waals surface area contributed by atoms with Gasteiger partial charge in [-0.3, -0.25) is 14.4 Å². The number of para-hydroxylation sites is 1. The number of methoxy groups -OCH3 is 1. The van der Waals surface area contributed by atoms with Gasteiger partial charge in [-0.15, -0.1) is 0 Å². The number of piperidine rings is 1.